The second-order valence-corrected chi connectivity index (χ2v) is 11.0. The average Bonchev–Trinajstić information content (AvgIpc) is 2.81. The molecular weight excluding hydrogens is 458 g/mol. The van der Waals surface area contributed by atoms with Gasteiger partial charge in [-0.25, -0.2) is 13.1 Å². The highest BCUT2D eigenvalue weighted by molar-refractivity contribution is 7.89. The summed E-state index contributed by atoms with van der Waals surface area (Å²) in [5, 5.41) is 9.52. The fourth-order valence-electron chi connectivity index (χ4n) is 4.35. The molecule has 2 aromatic rings. The van der Waals surface area contributed by atoms with Gasteiger partial charge in [0, 0.05) is 44.4 Å². The van der Waals surface area contributed by atoms with Crippen LogP contribution in [0.15, 0.2) is 54.6 Å². The molecule has 0 spiro atoms. The highest BCUT2D eigenvalue weighted by Gasteiger charge is 2.26. The lowest BCUT2D eigenvalue weighted by Gasteiger charge is -2.40. The monoisotopic (exact) mass is 493 g/mol. The van der Waals surface area contributed by atoms with Crippen molar-refractivity contribution in [1.29, 1.82) is 0 Å². The molecule has 0 aliphatic carbocycles. The minimum atomic E-state index is -3.22. The molecule has 1 saturated heterocycles. The van der Waals surface area contributed by atoms with E-state index in [0.717, 1.165) is 50.6 Å². The highest BCUT2D eigenvalue weighted by atomic mass is 35.5. The predicted molar refractivity (Wildman–Crippen MR) is 135 cm³/mol. The Morgan fingerprint density at radius 3 is 2.33 bits per heavy atom. The Bertz CT molecular complexity index is 935. The van der Waals surface area contributed by atoms with E-state index >= 15 is 0 Å². The summed E-state index contributed by atoms with van der Waals surface area (Å²) < 4.78 is 26.4. The van der Waals surface area contributed by atoms with E-state index in [4.69, 9.17) is 16.7 Å². The van der Waals surface area contributed by atoms with Gasteiger partial charge in [-0.3, -0.25) is 4.90 Å². The molecule has 1 atom stereocenters. The number of sulfonamides is 1. The SMILES string of the molecule is O=S(=O)(CCCCCN1CCN(C(c2ccccc2)c2cccc(Cl)c2)CC1)NCCCO. The van der Waals surface area contributed by atoms with E-state index in [9.17, 15) is 8.42 Å². The minimum Gasteiger partial charge on any atom is -0.396 e. The number of nitrogens with one attached hydrogen (secondary N) is 1. The normalized spacial score (nSPS) is 16.7. The number of piperazine rings is 1. The minimum absolute atomic E-state index is 0.000966. The number of rotatable bonds is 13. The van der Waals surface area contributed by atoms with Crippen LogP contribution in [0.1, 0.15) is 42.9 Å². The van der Waals surface area contributed by atoms with Crippen molar-refractivity contribution in [2.75, 3.05) is 51.6 Å². The molecule has 1 fully saturated rings. The smallest absolute Gasteiger partial charge is 0.211 e. The third kappa shape index (κ3) is 8.67. The van der Waals surface area contributed by atoms with Crippen LogP contribution in [-0.2, 0) is 10.0 Å². The van der Waals surface area contributed by atoms with Gasteiger partial charge in [0.05, 0.1) is 11.8 Å². The van der Waals surface area contributed by atoms with E-state index in [2.05, 4.69) is 50.9 Å². The van der Waals surface area contributed by atoms with Crippen LogP contribution >= 0.6 is 11.6 Å². The Morgan fingerprint density at radius 1 is 0.909 bits per heavy atom. The molecule has 1 aliphatic heterocycles. The molecule has 8 heteroatoms. The Labute approximate surface area is 203 Å². The molecule has 182 valence electrons. The van der Waals surface area contributed by atoms with E-state index in [1.165, 1.54) is 11.1 Å². The summed E-state index contributed by atoms with van der Waals surface area (Å²) in [6.45, 7) is 5.28. The van der Waals surface area contributed by atoms with Gasteiger partial charge < -0.3 is 10.0 Å². The van der Waals surface area contributed by atoms with Crippen molar-refractivity contribution in [2.24, 2.45) is 0 Å². The van der Waals surface area contributed by atoms with Crippen LogP contribution in [-0.4, -0.2) is 75.0 Å². The summed E-state index contributed by atoms with van der Waals surface area (Å²) in [6.07, 6.45) is 3.02. The van der Waals surface area contributed by atoms with Crippen molar-refractivity contribution >= 4 is 21.6 Å². The van der Waals surface area contributed by atoms with E-state index in [0.29, 0.717) is 19.4 Å². The maximum Gasteiger partial charge on any atom is 0.211 e. The van der Waals surface area contributed by atoms with E-state index in [1.807, 2.05) is 18.2 Å². The number of nitrogens with zero attached hydrogens (tertiary/aromatic N) is 2. The third-order valence-corrected chi connectivity index (χ3v) is 7.80. The maximum absolute atomic E-state index is 11.9. The average molecular weight is 494 g/mol. The van der Waals surface area contributed by atoms with Gasteiger partial charge in [0.1, 0.15) is 0 Å². The van der Waals surface area contributed by atoms with Gasteiger partial charge in [-0.1, -0.05) is 60.5 Å². The fourth-order valence-corrected chi connectivity index (χ4v) is 5.74. The Morgan fingerprint density at radius 2 is 1.64 bits per heavy atom. The van der Waals surface area contributed by atoms with Crippen molar-refractivity contribution in [3.63, 3.8) is 0 Å². The molecule has 1 aliphatic rings. The highest BCUT2D eigenvalue weighted by Crippen LogP contribution is 2.31. The topological polar surface area (TPSA) is 72.9 Å². The van der Waals surface area contributed by atoms with Crippen LogP contribution in [0.25, 0.3) is 0 Å². The number of aliphatic hydroxyl groups is 1. The molecule has 0 amide bonds. The van der Waals surface area contributed by atoms with Crippen LogP contribution in [0.4, 0.5) is 0 Å². The maximum atomic E-state index is 11.9. The largest absolute Gasteiger partial charge is 0.396 e. The van der Waals surface area contributed by atoms with Gasteiger partial charge in [0.25, 0.3) is 0 Å². The number of benzene rings is 2. The summed E-state index contributed by atoms with van der Waals surface area (Å²) in [7, 11) is -3.22. The van der Waals surface area contributed by atoms with Gasteiger partial charge >= 0.3 is 0 Å². The molecule has 2 N–H and O–H groups in total. The Hall–Kier alpha value is -1.48. The Balaban J connectivity index is 1.45. The summed E-state index contributed by atoms with van der Waals surface area (Å²) in [4.78, 5) is 5.01. The first kappa shape index (κ1) is 26.1. The second kappa shape index (κ2) is 13.4. The lowest BCUT2D eigenvalue weighted by Crippen LogP contribution is -2.48. The first-order valence-electron chi connectivity index (χ1n) is 11.8. The Kier molecular flexibility index (Phi) is 10.6. The quantitative estimate of drug-likeness (QED) is 0.418. The van der Waals surface area contributed by atoms with Crippen LogP contribution < -0.4 is 4.72 Å². The van der Waals surface area contributed by atoms with Crippen molar-refractivity contribution in [3.8, 4) is 0 Å². The summed E-state index contributed by atoms with van der Waals surface area (Å²) in [5.74, 6) is 0.157. The number of hydrogen-bond donors (Lipinski definition) is 2. The van der Waals surface area contributed by atoms with Crippen LogP contribution in [0.3, 0.4) is 0 Å². The second-order valence-electron chi connectivity index (χ2n) is 8.60. The van der Waals surface area contributed by atoms with E-state index in [-0.39, 0.29) is 18.4 Å². The van der Waals surface area contributed by atoms with Crippen LogP contribution in [0, 0.1) is 0 Å². The van der Waals surface area contributed by atoms with Crippen LogP contribution in [0.5, 0.6) is 0 Å². The van der Waals surface area contributed by atoms with Gasteiger partial charge in [-0.2, -0.15) is 0 Å². The van der Waals surface area contributed by atoms with Crippen molar-refractivity contribution in [1.82, 2.24) is 14.5 Å². The third-order valence-electron chi connectivity index (χ3n) is 6.10. The molecule has 0 bridgehead atoms. The number of hydrogen-bond acceptors (Lipinski definition) is 5. The molecule has 1 unspecified atom stereocenters. The fraction of sp³-hybridized carbons (Fsp3) is 0.520. The molecule has 6 nitrogen and oxygen atoms in total. The van der Waals surface area contributed by atoms with Crippen molar-refractivity contribution in [3.05, 3.63) is 70.7 Å². The number of unbranched alkanes of at least 4 members (excludes halogenated alkanes) is 2. The molecule has 33 heavy (non-hydrogen) atoms. The first-order valence-corrected chi connectivity index (χ1v) is 13.9. The number of halogens is 1. The molecule has 0 saturated carbocycles. The molecule has 0 aromatic heterocycles. The molecule has 0 radical (unpaired) electrons. The van der Waals surface area contributed by atoms with Gasteiger partial charge in [0.2, 0.25) is 10.0 Å². The predicted octanol–water partition coefficient (Wildman–Crippen LogP) is 3.52. The lowest BCUT2D eigenvalue weighted by atomic mass is 9.96. The summed E-state index contributed by atoms with van der Waals surface area (Å²) >= 11 is 6.30. The molecule has 3 rings (SSSR count). The zero-order valence-electron chi connectivity index (χ0n) is 19.2. The van der Waals surface area contributed by atoms with Gasteiger partial charge in [-0.15, -0.1) is 0 Å². The molecule has 1 heterocycles. The van der Waals surface area contributed by atoms with E-state index in [1.54, 1.807) is 0 Å². The summed E-state index contributed by atoms with van der Waals surface area (Å²) in [6, 6.07) is 18.9. The van der Waals surface area contributed by atoms with E-state index < -0.39 is 10.0 Å². The molecule has 2 aromatic carbocycles. The zero-order valence-corrected chi connectivity index (χ0v) is 20.8. The van der Waals surface area contributed by atoms with Crippen LogP contribution in [0.2, 0.25) is 5.02 Å². The lowest BCUT2D eigenvalue weighted by molar-refractivity contribution is 0.108. The van der Waals surface area contributed by atoms with Gasteiger partial charge in [0.15, 0.2) is 0 Å². The standard InChI is InChI=1S/C25H36ClN3O3S/c26-24-12-7-11-23(21-24)25(22-9-3-1-4-10-22)29-17-15-28(16-18-29)14-5-2-6-20-33(31,32)27-13-8-19-30/h1,3-4,7,9-12,21,25,27,30H,2,5-6,8,13-20H2. The van der Waals surface area contributed by atoms with Crippen molar-refractivity contribution in [2.45, 2.75) is 31.7 Å². The number of aliphatic hydroxyl groups excluding tert-OH is 1. The first-order chi connectivity index (χ1) is 16.0. The zero-order chi connectivity index (χ0) is 23.5. The summed E-state index contributed by atoms with van der Waals surface area (Å²) in [5.41, 5.74) is 2.50. The molecular formula is C25H36ClN3O3S. The van der Waals surface area contributed by atoms with Gasteiger partial charge in [-0.05, 0) is 49.1 Å². The van der Waals surface area contributed by atoms with Crippen molar-refractivity contribution < 1.29 is 13.5 Å².